The molecule has 0 aromatic carbocycles. The lowest BCUT2D eigenvalue weighted by Crippen LogP contribution is -2.41. The fraction of sp³-hybridized carbons (Fsp3) is 0.818. The van der Waals surface area contributed by atoms with Gasteiger partial charge in [-0.3, -0.25) is 19.8 Å². The molecule has 4 N–H and O–H groups in total. The Hall–Kier alpha value is -1.22. The lowest BCUT2D eigenvalue weighted by atomic mass is 10.3. The molecule has 0 radical (unpaired) electrons. The molecule has 19 heavy (non-hydrogen) atoms. The number of carbonyl (C=O) groups is 2. The minimum atomic E-state index is -1.14. The first-order valence-electron chi connectivity index (χ1n) is 6.08. The molecule has 0 aromatic rings. The van der Waals surface area contributed by atoms with E-state index in [1.54, 1.807) is 0 Å². The van der Waals surface area contributed by atoms with E-state index in [9.17, 15) is 14.7 Å². The molecule has 0 saturated heterocycles. The van der Waals surface area contributed by atoms with Crippen LogP contribution < -0.4 is 5.32 Å². The molecule has 0 fully saturated rings. The van der Waals surface area contributed by atoms with Gasteiger partial charge in [0, 0.05) is 6.54 Å². The van der Waals surface area contributed by atoms with Gasteiger partial charge >= 0.3 is 11.9 Å². The van der Waals surface area contributed by atoms with E-state index < -0.39 is 31.1 Å². The van der Waals surface area contributed by atoms with Gasteiger partial charge in [0.05, 0.1) is 32.5 Å². The largest absolute Gasteiger partial charge is 0.480 e. The number of rotatable bonds is 12. The molecule has 0 aliphatic rings. The molecular weight excluding hydrogens is 256 g/mol. The van der Waals surface area contributed by atoms with Crippen molar-refractivity contribution < 1.29 is 29.6 Å². The van der Waals surface area contributed by atoms with E-state index >= 15 is 0 Å². The van der Waals surface area contributed by atoms with Crippen molar-refractivity contribution in [3.05, 3.63) is 0 Å². The Balaban J connectivity index is 3.90. The number of nitrogens with zero attached hydrogens (tertiary/aromatic N) is 1. The van der Waals surface area contributed by atoms with Crippen LogP contribution in [0.2, 0.25) is 0 Å². The first-order chi connectivity index (χ1) is 8.95. The van der Waals surface area contributed by atoms with Crippen LogP contribution in [-0.4, -0.2) is 77.8 Å². The number of ether oxygens (including phenoxy) is 1. The molecule has 0 saturated carbocycles. The van der Waals surface area contributed by atoms with Crippen LogP contribution in [0.25, 0.3) is 0 Å². The molecule has 1 atom stereocenters. The van der Waals surface area contributed by atoms with Gasteiger partial charge in [0.1, 0.15) is 0 Å². The zero-order valence-electron chi connectivity index (χ0n) is 11.0. The van der Waals surface area contributed by atoms with Crippen LogP contribution in [-0.2, 0) is 14.3 Å². The second-order valence-electron chi connectivity index (χ2n) is 4.13. The summed E-state index contributed by atoms with van der Waals surface area (Å²) in [6.45, 7) is 2.20. The van der Waals surface area contributed by atoms with Crippen molar-refractivity contribution in [2.75, 3.05) is 39.5 Å². The second kappa shape index (κ2) is 10.7. The minimum Gasteiger partial charge on any atom is -0.480 e. The molecule has 0 aliphatic carbocycles. The maximum absolute atomic E-state index is 10.5. The van der Waals surface area contributed by atoms with Crippen molar-refractivity contribution in [1.82, 2.24) is 10.2 Å². The third kappa shape index (κ3) is 11.6. The number of hydrogen-bond donors (Lipinski definition) is 4. The van der Waals surface area contributed by atoms with E-state index in [0.717, 1.165) is 17.9 Å². The Kier molecular flexibility index (Phi) is 9.99. The van der Waals surface area contributed by atoms with Gasteiger partial charge in [-0.15, -0.1) is 0 Å². The molecule has 0 aliphatic heterocycles. The summed E-state index contributed by atoms with van der Waals surface area (Å²) in [4.78, 5) is 22.2. The maximum Gasteiger partial charge on any atom is 0.317 e. The van der Waals surface area contributed by atoms with Crippen molar-refractivity contribution in [3.8, 4) is 0 Å². The molecule has 8 heteroatoms. The van der Waals surface area contributed by atoms with Crippen LogP contribution in [0.1, 0.15) is 13.3 Å². The van der Waals surface area contributed by atoms with Crippen molar-refractivity contribution in [2.24, 2.45) is 0 Å². The Labute approximate surface area is 112 Å². The van der Waals surface area contributed by atoms with E-state index in [-0.39, 0.29) is 13.2 Å². The average molecular weight is 278 g/mol. The number of hydrogen-bond acceptors (Lipinski definition) is 6. The molecule has 1 unspecified atom stereocenters. The van der Waals surface area contributed by atoms with E-state index in [0.29, 0.717) is 6.73 Å². The van der Waals surface area contributed by atoms with Crippen LogP contribution in [0, 0.1) is 0 Å². The van der Waals surface area contributed by atoms with Crippen LogP contribution in [0.5, 0.6) is 0 Å². The van der Waals surface area contributed by atoms with Gasteiger partial charge in [0.15, 0.2) is 0 Å². The van der Waals surface area contributed by atoms with Crippen LogP contribution in [0.15, 0.2) is 0 Å². The first-order valence-corrected chi connectivity index (χ1v) is 6.08. The highest BCUT2D eigenvalue weighted by molar-refractivity contribution is 5.72. The van der Waals surface area contributed by atoms with Gasteiger partial charge in [-0.25, -0.2) is 0 Å². The molecule has 0 rings (SSSR count). The van der Waals surface area contributed by atoms with E-state index in [4.69, 9.17) is 14.9 Å². The van der Waals surface area contributed by atoms with Gasteiger partial charge < -0.3 is 20.1 Å². The fourth-order valence-electron chi connectivity index (χ4n) is 1.43. The highest BCUT2D eigenvalue weighted by atomic mass is 16.5. The number of aliphatic carboxylic acids is 2. The van der Waals surface area contributed by atoms with Crippen LogP contribution in [0.4, 0.5) is 0 Å². The quantitative estimate of drug-likeness (QED) is 0.259. The number of aliphatic hydroxyl groups is 1. The van der Waals surface area contributed by atoms with Gasteiger partial charge in [0.25, 0.3) is 0 Å². The third-order valence-electron chi connectivity index (χ3n) is 2.13. The summed E-state index contributed by atoms with van der Waals surface area (Å²) >= 11 is 0. The van der Waals surface area contributed by atoms with Gasteiger partial charge in [-0.2, -0.15) is 0 Å². The number of carboxylic acids is 2. The molecule has 0 heterocycles. The molecule has 0 amide bonds. The fourth-order valence-corrected chi connectivity index (χ4v) is 1.43. The zero-order chi connectivity index (χ0) is 14.7. The van der Waals surface area contributed by atoms with Crippen LogP contribution >= 0.6 is 0 Å². The summed E-state index contributed by atoms with van der Waals surface area (Å²) in [5, 5.41) is 29.8. The highest BCUT2D eigenvalue weighted by Gasteiger charge is 2.17. The standard InChI is InChI=1S/C11H22N2O6/c1-2-3-12-8-19-7-9(14)4-13(5-10(15)16)6-11(17)18/h9,12,14H,2-8H2,1H3,(H,15,16)(H,17,18). The predicted molar refractivity (Wildman–Crippen MR) is 66.8 cm³/mol. The van der Waals surface area contributed by atoms with E-state index in [1.807, 2.05) is 6.92 Å². The van der Waals surface area contributed by atoms with E-state index in [1.165, 1.54) is 0 Å². The van der Waals surface area contributed by atoms with Crippen molar-refractivity contribution in [1.29, 1.82) is 0 Å². The summed E-state index contributed by atoms with van der Waals surface area (Å²) < 4.78 is 5.13. The SMILES string of the molecule is CCCNCOCC(O)CN(CC(=O)O)CC(=O)O. The molecule has 112 valence electrons. The maximum atomic E-state index is 10.5. The Morgan fingerprint density at radius 1 is 1.26 bits per heavy atom. The monoisotopic (exact) mass is 278 g/mol. The van der Waals surface area contributed by atoms with Gasteiger partial charge in [-0.05, 0) is 13.0 Å². The van der Waals surface area contributed by atoms with Crippen molar-refractivity contribution in [2.45, 2.75) is 19.4 Å². The number of carboxylic acid groups (broad SMARTS) is 2. The smallest absolute Gasteiger partial charge is 0.317 e. The Morgan fingerprint density at radius 2 is 1.84 bits per heavy atom. The van der Waals surface area contributed by atoms with Crippen molar-refractivity contribution in [3.63, 3.8) is 0 Å². The lowest BCUT2D eigenvalue weighted by Gasteiger charge is -2.21. The molecule has 0 aromatic heterocycles. The number of nitrogens with one attached hydrogen (secondary N) is 1. The van der Waals surface area contributed by atoms with Gasteiger partial charge in [0.2, 0.25) is 0 Å². The summed E-state index contributed by atoms with van der Waals surface area (Å²) in [5.74, 6) is -2.28. The lowest BCUT2D eigenvalue weighted by molar-refractivity contribution is -0.142. The highest BCUT2D eigenvalue weighted by Crippen LogP contribution is 1.94. The molecule has 8 nitrogen and oxygen atoms in total. The van der Waals surface area contributed by atoms with Gasteiger partial charge in [-0.1, -0.05) is 6.92 Å². The Bertz CT molecular complexity index is 258. The number of aliphatic hydroxyl groups excluding tert-OH is 1. The summed E-state index contributed by atoms with van der Waals surface area (Å²) in [7, 11) is 0. The third-order valence-corrected chi connectivity index (χ3v) is 2.13. The molecular formula is C11H22N2O6. The van der Waals surface area contributed by atoms with Crippen LogP contribution in [0.3, 0.4) is 0 Å². The summed E-state index contributed by atoms with van der Waals surface area (Å²) in [5.41, 5.74) is 0. The second-order valence-corrected chi connectivity index (χ2v) is 4.13. The topological polar surface area (TPSA) is 119 Å². The Morgan fingerprint density at radius 3 is 2.32 bits per heavy atom. The normalized spacial score (nSPS) is 12.6. The van der Waals surface area contributed by atoms with Crippen molar-refractivity contribution >= 4 is 11.9 Å². The predicted octanol–water partition coefficient (Wildman–Crippen LogP) is -1.21. The molecule has 0 bridgehead atoms. The zero-order valence-corrected chi connectivity index (χ0v) is 11.0. The molecule has 0 spiro atoms. The first kappa shape index (κ1) is 17.8. The summed E-state index contributed by atoms with van der Waals surface area (Å²) in [6.07, 6.45) is 0.0406. The average Bonchev–Trinajstić information content (AvgIpc) is 2.26. The summed E-state index contributed by atoms with van der Waals surface area (Å²) in [6, 6.07) is 0. The minimum absolute atomic E-state index is 0.0203. The van der Waals surface area contributed by atoms with E-state index in [2.05, 4.69) is 5.32 Å².